The number of rotatable bonds is 5. The van der Waals surface area contributed by atoms with Crippen LogP contribution >= 0.6 is 0 Å². The van der Waals surface area contributed by atoms with Crippen LogP contribution in [0.5, 0.6) is 0 Å². The summed E-state index contributed by atoms with van der Waals surface area (Å²) in [4.78, 5) is 36.3. The highest BCUT2D eigenvalue weighted by atomic mass is 16.6. The van der Waals surface area contributed by atoms with Gasteiger partial charge in [0.25, 0.3) is 5.69 Å². The van der Waals surface area contributed by atoms with Crippen molar-refractivity contribution in [3.8, 4) is 0 Å². The third-order valence-corrected chi connectivity index (χ3v) is 5.24. The van der Waals surface area contributed by atoms with E-state index in [4.69, 9.17) is 5.73 Å². The number of hydrogen-bond acceptors (Lipinski definition) is 5. The number of carbonyl (C=O) groups excluding carboxylic acids is 2. The number of primary amides is 1. The van der Waals surface area contributed by atoms with Crippen LogP contribution in [-0.2, 0) is 9.59 Å². The minimum atomic E-state index is -0.490. The molecular formula is C17H22N4O4. The lowest BCUT2D eigenvalue weighted by molar-refractivity contribution is -0.384. The first kappa shape index (κ1) is 17.3. The number of nitrogens with zero attached hydrogens (tertiary/aromatic N) is 2. The molecule has 1 saturated heterocycles. The molecule has 2 fully saturated rings. The number of nitrogens with two attached hydrogens (primary N) is 1. The van der Waals surface area contributed by atoms with Gasteiger partial charge in [0, 0.05) is 23.9 Å². The van der Waals surface area contributed by atoms with Crippen molar-refractivity contribution in [3.63, 3.8) is 0 Å². The van der Waals surface area contributed by atoms with Crippen LogP contribution < -0.4 is 11.1 Å². The number of amides is 2. The average molecular weight is 346 g/mol. The summed E-state index contributed by atoms with van der Waals surface area (Å²) in [5.74, 6) is -0.192. The fourth-order valence-corrected chi connectivity index (χ4v) is 4.09. The maximum Gasteiger partial charge on any atom is 0.269 e. The molecule has 0 unspecified atom stereocenters. The van der Waals surface area contributed by atoms with Gasteiger partial charge < -0.3 is 11.1 Å². The number of nitro benzene ring substituents is 1. The number of likely N-dealkylation sites (tertiary alicyclic amines) is 1. The molecule has 2 amide bonds. The second-order valence-electron chi connectivity index (χ2n) is 6.79. The summed E-state index contributed by atoms with van der Waals surface area (Å²) in [6.45, 7) is 0.103. The van der Waals surface area contributed by atoms with Crippen molar-refractivity contribution in [2.24, 2.45) is 11.7 Å². The first-order valence-electron chi connectivity index (χ1n) is 8.55. The normalized spacial score (nSPS) is 26.0. The van der Waals surface area contributed by atoms with E-state index < -0.39 is 11.0 Å². The summed E-state index contributed by atoms with van der Waals surface area (Å²) >= 11 is 0. The fourth-order valence-electron chi connectivity index (χ4n) is 4.09. The molecule has 3 N–H and O–H groups in total. The van der Waals surface area contributed by atoms with Gasteiger partial charge in [0.1, 0.15) is 0 Å². The van der Waals surface area contributed by atoms with Crippen molar-refractivity contribution in [2.75, 3.05) is 11.9 Å². The zero-order valence-electron chi connectivity index (χ0n) is 13.9. The van der Waals surface area contributed by atoms with Crippen molar-refractivity contribution in [3.05, 3.63) is 34.4 Å². The third-order valence-electron chi connectivity index (χ3n) is 5.24. The van der Waals surface area contributed by atoms with E-state index in [1.807, 2.05) is 4.90 Å². The molecule has 0 aromatic heterocycles. The van der Waals surface area contributed by atoms with E-state index in [0.717, 1.165) is 32.1 Å². The van der Waals surface area contributed by atoms with Crippen molar-refractivity contribution in [1.29, 1.82) is 0 Å². The number of nitrogens with one attached hydrogen (secondary N) is 1. The monoisotopic (exact) mass is 346 g/mol. The molecule has 8 nitrogen and oxygen atoms in total. The molecule has 134 valence electrons. The van der Waals surface area contributed by atoms with Crippen LogP contribution in [-0.4, -0.2) is 40.3 Å². The number of fused-ring (bicyclic) bond motifs is 1. The van der Waals surface area contributed by atoms with Crippen molar-refractivity contribution < 1.29 is 14.5 Å². The van der Waals surface area contributed by atoms with Crippen LogP contribution in [0.15, 0.2) is 24.3 Å². The minimum Gasteiger partial charge on any atom is -0.368 e. The van der Waals surface area contributed by atoms with E-state index in [-0.39, 0.29) is 30.1 Å². The van der Waals surface area contributed by atoms with Gasteiger partial charge in [-0.3, -0.25) is 24.6 Å². The van der Waals surface area contributed by atoms with Gasteiger partial charge in [-0.05, 0) is 37.3 Å². The quantitative estimate of drug-likeness (QED) is 0.621. The zero-order chi connectivity index (χ0) is 18.0. The molecule has 3 rings (SSSR count). The van der Waals surface area contributed by atoms with Gasteiger partial charge in [0.2, 0.25) is 11.8 Å². The Bertz CT molecular complexity index is 676. The molecule has 0 radical (unpaired) electrons. The Morgan fingerprint density at radius 3 is 2.56 bits per heavy atom. The Morgan fingerprint density at radius 2 is 1.92 bits per heavy atom. The third kappa shape index (κ3) is 3.79. The Morgan fingerprint density at radius 1 is 1.24 bits per heavy atom. The molecule has 0 bridgehead atoms. The standard InChI is InChI=1S/C17H22N4O4/c18-17(23)15-9-11-3-1-2-4-14(11)20(15)10-16(22)19-12-5-7-13(8-6-12)21(24)25/h5-8,11,14-15H,1-4,9-10H2,(H2,18,23)(H,19,22)/t11-,14+,15-/m0/s1. The van der Waals surface area contributed by atoms with E-state index in [0.29, 0.717) is 11.6 Å². The predicted molar refractivity (Wildman–Crippen MR) is 91.8 cm³/mol. The molecule has 1 aliphatic carbocycles. The Labute approximate surface area is 145 Å². The lowest BCUT2D eigenvalue weighted by atomic mass is 9.84. The smallest absolute Gasteiger partial charge is 0.269 e. The van der Waals surface area contributed by atoms with E-state index in [1.165, 1.54) is 24.3 Å². The molecular weight excluding hydrogens is 324 g/mol. The largest absolute Gasteiger partial charge is 0.368 e. The summed E-state index contributed by atoms with van der Waals surface area (Å²) < 4.78 is 0. The van der Waals surface area contributed by atoms with Gasteiger partial charge in [0.15, 0.2) is 0 Å². The molecule has 8 heteroatoms. The second-order valence-corrected chi connectivity index (χ2v) is 6.79. The Kier molecular flexibility index (Phi) is 4.98. The molecule has 2 aliphatic rings. The fraction of sp³-hybridized carbons (Fsp3) is 0.529. The molecule has 1 heterocycles. The van der Waals surface area contributed by atoms with E-state index in [9.17, 15) is 19.7 Å². The van der Waals surface area contributed by atoms with Gasteiger partial charge in [-0.25, -0.2) is 0 Å². The van der Waals surface area contributed by atoms with Crippen molar-refractivity contribution >= 4 is 23.2 Å². The van der Waals surface area contributed by atoms with Crippen LogP contribution in [0.4, 0.5) is 11.4 Å². The van der Waals surface area contributed by atoms with Crippen LogP contribution in [0.25, 0.3) is 0 Å². The predicted octanol–water partition coefficient (Wildman–Crippen LogP) is 1.65. The summed E-state index contributed by atoms with van der Waals surface area (Å²) in [5.41, 5.74) is 6.00. The molecule has 1 aromatic rings. The molecule has 1 aliphatic heterocycles. The van der Waals surface area contributed by atoms with Crippen molar-refractivity contribution in [2.45, 2.75) is 44.2 Å². The minimum absolute atomic E-state index is 0.0311. The van der Waals surface area contributed by atoms with Crippen LogP contribution in [0, 0.1) is 16.0 Å². The number of anilines is 1. The first-order valence-corrected chi connectivity index (χ1v) is 8.55. The van der Waals surface area contributed by atoms with Crippen LogP contribution in [0.3, 0.4) is 0 Å². The number of carbonyl (C=O) groups is 2. The number of benzene rings is 1. The first-order chi connectivity index (χ1) is 12.0. The van der Waals surface area contributed by atoms with Gasteiger partial charge in [-0.2, -0.15) is 0 Å². The highest BCUT2D eigenvalue weighted by molar-refractivity contribution is 5.93. The van der Waals surface area contributed by atoms with Gasteiger partial charge in [-0.15, -0.1) is 0 Å². The highest BCUT2D eigenvalue weighted by Gasteiger charge is 2.44. The summed E-state index contributed by atoms with van der Waals surface area (Å²) in [5, 5.41) is 13.4. The molecule has 25 heavy (non-hydrogen) atoms. The Balaban J connectivity index is 1.65. The average Bonchev–Trinajstić information content (AvgIpc) is 2.94. The molecule has 0 spiro atoms. The zero-order valence-corrected chi connectivity index (χ0v) is 13.9. The number of non-ortho nitro benzene ring substituents is 1. The maximum absolute atomic E-state index is 12.4. The van der Waals surface area contributed by atoms with E-state index in [2.05, 4.69) is 5.32 Å². The van der Waals surface area contributed by atoms with E-state index in [1.54, 1.807) is 0 Å². The van der Waals surface area contributed by atoms with Crippen molar-refractivity contribution in [1.82, 2.24) is 4.90 Å². The van der Waals surface area contributed by atoms with E-state index >= 15 is 0 Å². The Hall–Kier alpha value is -2.48. The summed E-state index contributed by atoms with van der Waals surface area (Å²) in [7, 11) is 0. The molecule has 1 aromatic carbocycles. The topological polar surface area (TPSA) is 119 Å². The van der Waals surface area contributed by atoms with Crippen LogP contribution in [0.2, 0.25) is 0 Å². The number of hydrogen-bond donors (Lipinski definition) is 2. The summed E-state index contributed by atoms with van der Waals surface area (Å²) in [6, 6.07) is 5.51. The lowest BCUT2D eigenvalue weighted by Gasteiger charge is -2.32. The number of nitro groups is 1. The molecule has 3 atom stereocenters. The molecule has 1 saturated carbocycles. The van der Waals surface area contributed by atoms with Crippen LogP contribution in [0.1, 0.15) is 32.1 Å². The summed E-state index contributed by atoms with van der Waals surface area (Å²) in [6.07, 6.45) is 5.06. The highest BCUT2D eigenvalue weighted by Crippen LogP contribution is 2.39. The lowest BCUT2D eigenvalue weighted by Crippen LogP contribution is -2.48. The maximum atomic E-state index is 12.4. The van der Waals surface area contributed by atoms with Gasteiger partial charge in [-0.1, -0.05) is 12.8 Å². The van der Waals surface area contributed by atoms with Gasteiger partial charge in [0.05, 0.1) is 17.5 Å². The SMILES string of the molecule is NC(=O)[C@@H]1C[C@@H]2CCCC[C@H]2N1CC(=O)Nc1ccc([N+](=O)[O-])cc1. The van der Waals surface area contributed by atoms with Gasteiger partial charge >= 0.3 is 0 Å². The second kappa shape index (κ2) is 7.18.